The standard InChI is InChI=1S/C23H19F2N3O3/c1-11-3-4-17-12(5-11)6-18(26-17)23(30)28(2)20-10-31-9-19-21(20)13-7-15(24)16(25)8-14(13)22(29)27-19/h3-8,20,26H,9-10H2,1-2H3,(H,27,29)/t20-/m0/s1. The van der Waals surface area contributed by atoms with Gasteiger partial charge in [-0.1, -0.05) is 11.6 Å². The van der Waals surface area contributed by atoms with Crippen molar-refractivity contribution in [1.29, 1.82) is 0 Å². The van der Waals surface area contributed by atoms with Crippen molar-refractivity contribution < 1.29 is 18.3 Å². The van der Waals surface area contributed by atoms with Crippen LogP contribution >= 0.6 is 0 Å². The van der Waals surface area contributed by atoms with E-state index >= 15 is 0 Å². The predicted octanol–water partition coefficient (Wildman–Crippen LogP) is 3.94. The molecule has 4 aromatic rings. The van der Waals surface area contributed by atoms with E-state index in [1.54, 1.807) is 13.1 Å². The van der Waals surface area contributed by atoms with E-state index in [9.17, 15) is 18.4 Å². The van der Waals surface area contributed by atoms with Crippen LogP contribution in [0.1, 0.15) is 33.4 Å². The molecule has 5 rings (SSSR count). The molecule has 0 unspecified atom stereocenters. The summed E-state index contributed by atoms with van der Waals surface area (Å²) in [6.45, 7) is 2.25. The zero-order chi connectivity index (χ0) is 21.9. The summed E-state index contributed by atoms with van der Waals surface area (Å²) in [6.07, 6.45) is 0. The van der Waals surface area contributed by atoms with E-state index in [1.165, 1.54) is 4.90 Å². The average molecular weight is 423 g/mol. The zero-order valence-electron chi connectivity index (χ0n) is 16.9. The molecule has 158 valence electrons. The minimum atomic E-state index is -1.10. The van der Waals surface area contributed by atoms with Crippen molar-refractivity contribution in [3.8, 4) is 0 Å². The predicted molar refractivity (Wildman–Crippen MR) is 112 cm³/mol. The Balaban J connectivity index is 1.61. The molecular formula is C23H19F2N3O3. The van der Waals surface area contributed by atoms with Crippen LogP contribution in [0.5, 0.6) is 0 Å². The Bertz CT molecular complexity index is 1420. The molecule has 2 N–H and O–H groups in total. The van der Waals surface area contributed by atoms with Gasteiger partial charge < -0.3 is 19.6 Å². The Morgan fingerprint density at radius 2 is 1.84 bits per heavy atom. The topological polar surface area (TPSA) is 78.2 Å². The molecule has 0 saturated heterocycles. The number of carbonyl (C=O) groups excluding carboxylic acids is 1. The van der Waals surface area contributed by atoms with Gasteiger partial charge in [0.25, 0.3) is 11.5 Å². The lowest BCUT2D eigenvalue weighted by molar-refractivity contribution is 0.0333. The summed E-state index contributed by atoms with van der Waals surface area (Å²) in [5, 5.41) is 1.23. The summed E-state index contributed by atoms with van der Waals surface area (Å²) in [4.78, 5) is 33.0. The molecule has 0 fully saturated rings. The first kappa shape index (κ1) is 19.4. The number of H-pyrrole nitrogens is 2. The Hall–Kier alpha value is -3.52. The minimum absolute atomic E-state index is 0.0338. The van der Waals surface area contributed by atoms with Gasteiger partial charge in [-0.15, -0.1) is 0 Å². The molecule has 1 atom stereocenters. The highest BCUT2D eigenvalue weighted by Crippen LogP contribution is 2.34. The van der Waals surface area contributed by atoms with Crippen LogP contribution in [-0.2, 0) is 11.3 Å². The molecule has 2 aromatic carbocycles. The van der Waals surface area contributed by atoms with Gasteiger partial charge in [0.05, 0.1) is 24.6 Å². The number of carbonyl (C=O) groups is 1. The third-order valence-corrected chi connectivity index (χ3v) is 5.83. The number of nitrogens with one attached hydrogen (secondary N) is 2. The number of aromatic amines is 2. The number of pyridine rings is 1. The van der Waals surface area contributed by atoms with Crippen LogP contribution in [0.2, 0.25) is 0 Å². The minimum Gasteiger partial charge on any atom is -0.373 e. The molecule has 1 amide bonds. The molecule has 8 heteroatoms. The lowest BCUT2D eigenvalue weighted by Crippen LogP contribution is -2.37. The fraction of sp³-hybridized carbons (Fsp3) is 0.217. The van der Waals surface area contributed by atoms with E-state index in [4.69, 9.17) is 4.74 Å². The summed E-state index contributed by atoms with van der Waals surface area (Å²) in [6, 6.07) is 8.95. The zero-order valence-corrected chi connectivity index (χ0v) is 16.9. The van der Waals surface area contributed by atoms with Crippen molar-refractivity contribution in [3.05, 3.63) is 80.9 Å². The maximum Gasteiger partial charge on any atom is 0.270 e. The molecule has 3 heterocycles. The third-order valence-electron chi connectivity index (χ3n) is 5.83. The lowest BCUT2D eigenvalue weighted by atomic mass is 9.95. The first-order chi connectivity index (χ1) is 14.8. The smallest absolute Gasteiger partial charge is 0.270 e. The van der Waals surface area contributed by atoms with Crippen LogP contribution in [0.25, 0.3) is 21.7 Å². The highest BCUT2D eigenvalue weighted by Gasteiger charge is 2.32. The van der Waals surface area contributed by atoms with Crippen LogP contribution in [0.4, 0.5) is 8.78 Å². The number of amides is 1. The maximum absolute atomic E-state index is 14.0. The molecular weight excluding hydrogens is 404 g/mol. The number of aryl methyl sites for hydroxylation is 1. The number of likely N-dealkylation sites (N-methyl/N-ethyl adjacent to an activating group) is 1. The lowest BCUT2D eigenvalue weighted by Gasteiger charge is -2.33. The van der Waals surface area contributed by atoms with Gasteiger partial charge in [0.2, 0.25) is 0 Å². The largest absolute Gasteiger partial charge is 0.373 e. The van der Waals surface area contributed by atoms with Crippen LogP contribution in [0, 0.1) is 18.6 Å². The summed E-state index contributed by atoms with van der Waals surface area (Å²) < 4.78 is 33.4. The van der Waals surface area contributed by atoms with Crippen molar-refractivity contribution in [3.63, 3.8) is 0 Å². The van der Waals surface area contributed by atoms with E-state index in [0.29, 0.717) is 17.0 Å². The van der Waals surface area contributed by atoms with E-state index in [-0.39, 0.29) is 29.9 Å². The van der Waals surface area contributed by atoms with Crippen LogP contribution in [0.15, 0.2) is 41.2 Å². The number of halogens is 2. The van der Waals surface area contributed by atoms with Crippen molar-refractivity contribution in [2.45, 2.75) is 19.6 Å². The second-order valence-corrected chi connectivity index (χ2v) is 7.88. The highest BCUT2D eigenvalue weighted by molar-refractivity contribution is 5.98. The molecule has 0 saturated carbocycles. The van der Waals surface area contributed by atoms with E-state index in [2.05, 4.69) is 9.97 Å². The highest BCUT2D eigenvalue weighted by atomic mass is 19.2. The third kappa shape index (κ3) is 3.11. The van der Waals surface area contributed by atoms with Crippen LogP contribution in [-0.4, -0.2) is 34.4 Å². The fourth-order valence-corrected chi connectivity index (χ4v) is 4.25. The first-order valence-electron chi connectivity index (χ1n) is 9.81. The molecule has 0 radical (unpaired) electrons. The van der Waals surface area contributed by atoms with Gasteiger partial charge in [-0.05, 0) is 42.6 Å². The van der Waals surface area contributed by atoms with Crippen molar-refractivity contribution in [2.24, 2.45) is 0 Å². The molecule has 2 aromatic heterocycles. The number of hydrogen-bond donors (Lipinski definition) is 2. The van der Waals surface area contributed by atoms with E-state index in [1.807, 2.05) is 25.1 Å². The summed E-state index contributed by atoms with van der Waals surface area (Å²) in [5.41, 5.74) is 2.81. The summed E-state index contributed by atoms with van der Waals surface area (Å²) >= 11 is 0. The SMILES string of the molecule is Cc1ccc2[nH]c(C(=O)N(C)[C@H]3COCc4[nH]c(=O)c5cc(F)c(F)cc5c43)cc2c1. The Kier molecular flexibility index (Phi) is 4.40. The fourth-order valence-electron chi connectivity index (χ4n) is 4.25. The Morgan fingerprint density at radius 1 is 1.10 bits per heavy atom. The number of nitrogens with zero attached hydrogens (tertiary/aromatic N) is 1. The average Bonchev–Trinajstić information content (AvgIpc) is 3.17. The van der Waals surface area contributed by atoms with Gasteiger partial charge in [0.1, 0.15) is 5.69 Å². The van der Waals surface area contributed by atoms with Gasteiger partial charge in [0, 0.05) is 29.2 Å². The normalized spacial score (nSPS) is 15.9. The Labute approximate surface area is 175 Å². The molecule has 0 aliphatic carbocycles. The van der Waals surface area contributed by atoms with Crippen molar-refractivity contribution >= 4 is 27.6 Å². The molecule has 0 bridgehead atoms. The number of benzene rings is 2. The van der Waals surface area contributed by atoms with Gasteiger partial charge in [-0.25, -0.2) is 8.78 Å². The number of ether oxygens (including phenoxy) is 1. The monoisotopic (exact) mass is 423 g/mol. The van der Waals surface area contributed by atoms with Gasteiger partial charge in [-0.3, -0.25) is 9.59 Å². The van der Waals surface area contributed by atoms with Crippen LogP contribution in [0.3, 0.4) is 0 Å². The first-order valence-corrected chi connectivity index (χ1v) is 9.81. The maximum atomic E-state index is 14.0. The molecule has 31 heavy (non-hydrogen) atoms. The molecule has 1 aliphatic rings. The number of aromatic nitrogens is 2. The number of fused-ring (bicyclic) bond motifs is 4. The van der Waals surface area contributed by atoms with E-state index in [0.717, 1.165) is 28.6 Å². The molecule has 0 spiro atoms. The second kappa shape index (κ2) is 7.02. The van der Waals surface area contributed by atoms with Gasteiger partial charge in [0.15, 0.2) is 11.6 Å². The number of rotatable bonds is 2. The van der Waals surface area contributed by atoms with Crippen molar-refractivity contribution in [2.75, 3.05) is 13.7 Å². The quantitative estimate of drug-likeness (QED) is 0.513. The molecule has 6 nitrogen and oxygen atoms in total. The Morgan fingerprint density at radius 3 is 2.61 bits per heavy atom. The molecule has 1 aliphatic heterocycles. The number of hydrogen-bond acceptors (Lipinski definition) is 3. The second-order valence-electron chi connectivity index (χ2n) is 7.88. The van der Waals surface area contributed by atoms with Gasteiger partial charge in [-0.2, -0.15) is 0 Å². The van der Waals surface area contributed by atoms with Crippen LogP contribution < -0.4 is 5.56 Å². The van der Waals surface area contributed by atoms with Crippen molar-refractivity contribution in [1.82, 2.24) is 14.9 Å². The van der Waals surface area contributed by atoms with E-state index < -0.39 is 23.2 Å². The van der Waals surface area contributed by atoms with Gasteiger partial charge >= 0.3 is 0 Å². The summed E-state index contributed by atoms with van der Waals surface area (Å²) in [5.74, 6) is -2.43. The summed E-state index contributed by atoms with van der Waals surface area (Å²) in [7, 11) is 1.62.